The summed E-state index contributed by atoms with van der Waals surface area (Å²) < 4.78 is 10.8. The van der Waals surface area contributed by atoms with Gasteiger partial charge in [-0.15, -0.1) is 0 Å². The zero-order valence-electron chi connectivity index (χ0n) is 7.08. The second kappa shape index (κ2) is 4.73. The van der Waals surface area contributed by atoms with E-state index in [1.807, 2.05) is 0 Å². The minimum absolute atomic E-state index is 0.0315. The molecule has 64 valence electrons. The first-order valence-corrected chi connectivity index (χ1v) is 4.30. The molecule has 11 heavy (non-hydrogen) atoms. The largest absolute Gasteiger partial charge is 0.352 e. The quantitative estimate of drug-likeness (QED) is 0.621. The SMILES string of the molecule is [CH]CCC1COC(CC)OC1. The predicted molar refractivity (Wildman–Crippen MR) is 43.0 cm³/mol. The van der Waals surface area contributed by atoms with Crippen LogP contribution in [0, 0.1) is 12.8 Å². The maximum atomic E-state index is 5.42. The van der Waals surface area contributed by atoms with Gasteiger partial charge in [0.1, 0.15) is 0 Å². The number of ether oxygens (including phenoxy) is 2. The molecule has 0 aliphatic carbocycles. The Hall–Kier alpha value is -0.0800. The van der Waals surface area contributed by atoms with Crippen molar-refractivity contribution in [1.82, 2.24) is 0 Å². The second-order valence-corrected chi connectivity index (χ2v) is 2.95. The lowest BCUT2D eigenvalue weighted by molar-refractivity contribution is -0.201. The molecule has 1 heterocycles. The van der Waals surface area contributed by atoms with E-state index < -0.39 is 0 Å². The molecule has 2 nitrogen and oxygen atoms in total. The Kier molecular flexibility index (Phi) is 3.87. The van der Waals surface area contributed by atoms with Crippen LogP contribution in [0.25, 0.3) is 0 Å². The molecule has 0 bridgehead atoms. The van der Waals surface area contributed by atoms with Gasteiger partial charge in [-0.3, -0.25) is 0 Å². The van der Waals surface area contributed by atoms with E-state index in [1.165, 1.54) is 0 Å². The lowest BCUT2D eigenvalue weighted by Gasteiger charge is -2.28. The highest BCUT2D eigenvalue weighted by Crippen LogP contribution is 2.16. The van der Waals surface area contributed by atoms with E-state index >= 15 is 0 Å². The maximum absolute atomic E-state index is 5.42. The van der Waals surface area contributed by atoms with E-state index in [9.17, 15) is 0 Å². The van der Waals surface area contributed by atoms with Crippen LogP contribution in [0.15, 0.2) is 0 Å². The molecule has 0 unspecified atom stereocenters. The van der Waals surface area contributed by atoms with Gasteiger partial charge in [0, 0.05) is 5.92 Å². The molecule has 0 atom stereocenters. The molecule has 1 fully saturated rings. The molecule has 1 aliphatic heterocycles. The Labute approximate surface area is 68.9 Å². The van der Waals surface area contributed by atoms with E-state index in [4.69, 9.17) is 16.4 Å². The summed E-state index contributed by atoms with van der Waals surface area (Å²) in [6.07, 6.45) is 2.71. The van der Waals surface area contributed by atoms with Gasteiger partial charge in [0.25, 0.3) is 0 Å². The van der Waals surface area contributed by atoms with Crippen LogP contribution in [-0.4, -0.2) is 19.5 Å². The summed E-state index contributed by atoms with van der Waals surface area (Å²) in [5, 5.41) is 0. The summed E-state index contributed by atoms with van der Waals surface area (Å²) >= 11 is 0. The molecule has 0 saturated carbocycles. The van der Waals surface area contributed by atoms with Crippen molar-refractivity contribution >= 4 is 0 Å². The van der Waals surface area contributed by atoms with Crippen LogP contribution < -0.4 is 0 Å². The molecule has 0 aromatic heterocycles. The fraction of sp³-hybridized carbons (Fsp3) is 0.889. The Morgan fingerprint density at radius 2 is 2.00 bits per heavy atom. The Morgan fingerprint density at radius 3 is 2.45 bits per heavy atom. The van der Waals surface area contributed by atoms with Crippen molar-refractivity contribution < 1.29 is 9.47 Å². The fourth-order valence-electron chi connectivity index (χ4n) is 1.22. The topological polar surface area (TPSA) is 18.5 Å². The summed E-state index contributed by atoms with van der Waals surface area (Å²) in [4.78, 5) is 0. The zero-order chi connectivity index (χ0) is 8.10. The van der Waals surface area contributed by atoms with Crippen LogP contribution >= 0.6 is 0 Å². The summed E-state index contributed by atoms with van der Waals surface area (Å²) in [6.45, 7) is 9.11. The molecular formula is C9H16O2. The van der Waals surface area contributed by atoms with Crippen LogP contribution in [-0.2, 0) is 9.47 Å². The molecule has 0 aromatic carbocycles. The number of hydrogen-bond donors (Lipinski definition) is 0. The minimum Gasteiger partial charge on any atom is -0.352 e. The highest BCUT2D eigenvalue weighted by atomic mass is 16.7. The molecule has 1 rings (SSSR count). The van der Waals surface area contributed by atoms with Crippen molar-refractivity contribution in [3.63, 3.8) is 0 Å². The highest BCUT2D eigenvalue weighted by Gasteiger charge is 2.19. The maximum Gasteiger partial charge on any atom is 0.157 e. The van der Waals surface area contributed by atoms with Gasteiger partial charge in [-0.1, -0.05) is 6.92 Å². The van der Waals surface area contributed by atoms with Crippen LogP contribution in [0.2, 0.25) is 0 Å². The summed E-state index contributed by atoms with van der Waals surface area (Å²) in [5.74, 6) is 0.516. The monoisotopic (exact) mass is 156 g/mol. The van der Waals surface area contributed by atoms with Crippen molar-refractivity contribution in [3.05, 3.63) is 6.92 Å². The van der Waals surface area contributed by atoms with Gasteiger partial charge in [-0.25, -0.2) is 0 Å². The molecule has 2 heteroatoms. The van der Waals surface area contributed by atoms with Gasteiger partial charge in [0.15, 0.2) is 6.29 Å². The number of rotatable bonds is 3. The first-order chi connectivity index (χ1) is 5.36. The molecule has 0 spiro atoms. The van der Waals surface area contributed by atoms with E-state index in [0.29, 0.717) is 5.92 Å². The van der Waals surface area contributed by atoms with E-state index in [0.717, 1.165) is 32.5 Å². The van der Waals surface area contributed by atoms with E-state index in [-0.39, 0.29) is 6.29 Å². The first-order valence-electron chi connectivity index (χ1n) is 4.30. The Morgan fingerprint density at radius 1 is 1.36 bits per heavy atom. The Balaban J connectivity index is 2.14. The van der Waals surface area contributed by atoms with Gasteiger partial charge < -0.3 is 9.47 Å². The van der Waals surface area contributed by atoms with Crippen LogP contribution in [0.1, 0.15) is 26.2 Å². The Bertz CT molecular complexity index is 95.7. The van der Waals surface area contributed by atoms with Crippen molar-refractivity contribution in [2.45, 2.75) is 32.5 Å². The highest BCUT2D eigenvalue weighted by molar-refractivity contribution is 4.63. The molecule has 0 N–H and O–H groups in total. The van der Waals surface area contributed by atoms with Gasteiger partial charge in [0.05, 0.1) is 13.2 Å². The van der Waals surface area contributed by atoms with Crippen molar-refractivity contribution in [2.75, 3.05) is 13.2 Å². The van der Waals surface area contributed by atoms with Crippen molar-refractivity contribution in [3.8, 4) is 0 Å². The zero-order valence-corrected chi connectivity index (χ0v) is 7.08. The average Bonchev–Trinajstić information content (AvgIpc) is 2.07. The average molecular weight is 156 g/mol. The second-order valence-electron chi connectivity index (χ2n) is 2.95. The first kappa shape index (κ1) is 9.01. The predicted octanol–water partition coefficient (Wildman–Crippen LogP) is 1.88. The molecule has 1 saturated heterocycles. The third-order valence-corrected chi connectivity index (χ3v) is 1.94. The summed E-state index contributed by atoms with van der Waals surface area (Å²) in [6, 6.07) is 0. The summed E-state index contributed by atoms with van der Waals surface area (Å²) in [5.41, 5.74) is 0. The summed E-state index contributed by atoms with van der Waals surface area (Å²) in [7, 11) is 0. The molecule has 1 aliphatic rings. The third-order valence-electron chi connectivity index (χ3n) is 1.94. The van der Waals surface area contributed by atoms with Gasteiger partial charge in [0.2, 0.25) is 0 Å². The third kappa shape index (κ3) is 2.80. The van der Waals surface area contributed by atoms with Crippen molar-refractivity contribution in [2.24, 2.45) is 5.92 Å². The van der Waals surface area contributed by atoms with E-state index in [2.05, 4.69) is 6.92 Å². The minimum atomic E-state index is 0.0315. The lowest BCUT2D eigenvalue weighted by Crippen LogP contribution is -2.31. The molecule has 0 aromatic rings. The smallest absolute Gasteiger partial charge is 0.157 e. The van der Waals surface area contributed by atoms with Crippen molar-refractivity contribution in [1.29, 1.82) is 0 Å². The van der Waals surface area contributed by atoms with Gasteiger partial charge in [-0.05, 0) is 26.2 Å². The van der Waals surface area contributed by atoms with Gasteiger partial charge in [-0.2, -0.15) is 0 Å². The lowest BCUT2D eigenvalue weighted by atomic mass is 10.1. The standard InChI is InChI=1S/C9H16O2/c1-3-5-8-6-10-9(4-2)11-7-8/h1,8-9H,3-7H2,2H3. The molecule has 0 amide bonds. The molecular weight excluding hydrogens is 140 g/mol. The van der Waals surface area contributed by atoms with Crippen LogP contribution in [0.4, 0.5) is 0 Å². The van der Waals surface area contributed by atoms with Crippen LogP contribution in [0.3, 0.4) is 0 Å². The van der Waals surface area contributed by atoms with Crippen LogP contribution in [0.5, 0.6) is 0 Å². The molecule has 2 radical (unpaired) electrons. The van der Waals surface area contributed by atoms with Gasteiger partial charge >= 0.3 is 0 Å². The fourth-order valence-corrected chi connectivity index (χ4v) is 1.22. The number of hydrogen-bond acceptors (Lipinski definition) is 2. The normalized spacial score (nSPS) is 32.2. The van der Waals surface area contributed by atoms with E-state index in [1.54, 1.807) is 0 Å².